The SMILES string of the molecule is CCCCCCC(CCCC)Oc1ccc(-c2ccc(-c3ccc(-c4ccc(OC(CCCC)CCCCCC)cc4)cc3)cc2)cc1. The van der Waals surface area contributed by atoms with Crippen molar-refractivity contribution in [3.63, 3.8) is 0 Å². The van der Waals surface area contributed by atoms with Crippen molar-refractivity contribution in [3.05, 3.63) is 97.1 Å². The maximum absolute atomic E-state index is 6.45. The van der Waals surface area contributed by atoms with Crippen molar-refractivity contribution < 1.29 is 9.47 Å². The van der Waals surface area contributed by atoms with Gasteiger partial charge in [-0.25, -0.2) is 0 Å². The molecule has 0 aliphatic heterocycles. The van der Waals surface area contributed by atoms with E-state index in [1.165, 1.54) is 110 Å². The molecule has 258 valence electrons. The standard InChI is InChI=1S/C46H62O2/c1-5-9-13-15-19-43(17-11-7-3)47-45-33-29-41(30-34-45)39-25-21-37(22-26-39)38-23-27-40(28-24-38)42-31-35-46(36-32-42)48-44(18-12-8-4)20-16-14-10-6-2/h21-36,43-44H,5-20H2,1-4H3. The molecule has 0 aliphatic rings. The lowest BCUT2D eigenvalue weighted by atomic mass is 9.98. The number of hydrogen-bond donors (Lipinski definition) is 0. The molecule has 0 radical (unpaired) electrons. The molecule has 2 atom stereocenters. The lowest BCUT2D eigenvalue weighted by molar-refractivity contribution is 0.173. The zero-order valence-electron chi connectivity index (χ0n) is 30.5. The summed E-state index contributed by atoms with van der Waals surface area (Å²) >= 11 is 0. The number of benzene rings is 4. The van der Waals surface area contributed by atoms with E-state index < -0.39 is 0 Å². The van der Waals surface area contributed by atoms with E-state index in [1.54, 1.807) is 0 Å². The Labute approximate surface area is 293 Å². The first-order valence-corrected chi connectivity index (χ1v) is 19.4. The molecule has 0 bridgehead atoms. The second kappa shape index (κ2) is 21.5. The molecule has 4 aromatic carbocycles. The minimum absolute atomic E-state index is 0.324. The molecule has 0 fully saturated rings. The smallest absolute Gasteiger partial charge is 0.119 e. The van der Waals surface area contributed by atoms with Crippen LogP contribution in [0, 0.1) is 0 Å². The maximum atomic E-state index is 6.45. The van der Waals surface area contributed by atoms with Gasteiger partial charge < -0.3 is 9.47 Å². The topological polar surface area (TPSA) is 18.5 Å². The van der Waals surface area contributed by atoms with Crippen LogP contribution in [0.25, 0.3) is 33.4 Å². The average molecular weight is 647 g/mol. The van der Waals surface area contributed by atoms with Gasteiger partial charge in [0.1, 0.15) is 11.5 Å². The van der Waals surface area contributed by atoms with E-state index in [1.807, 2.05) is 0 Å². The molecule has 0 N–H and O–H groups in total. The van der Waals surface area contributed by atoms with Crippen molar-refractivity contribution >= 4 is 0 Å². The predicted octanol–water partition coefficient (Wildman–Crippen LogP) is 14.5. The van der Waals surface area contributed by atoms with E-state index in [-0.39, 0.29) is 0 Å². The van der Waals surface area contributed by atoms with Crippen molar-refractivity contribution in [2.24, 2.45) is 0 Å². The normalized spacial score (nSPS) is 12.5. The lowest BCUT2D eigenvalue weighted by Gasteiger charge is -2.19. The molecule has 2 heteroatoms. The monoisotopic (exact) mass is 646 g/mol. The second-order valence-electron chi connectivity index (χ2n) is 13.7. The second-order valence-corrected chi connectivity index (χ2v) is 13.7. The van der Waals surface area contributed by atoms with Crippen LogP contribution in [0.4, 0.5) is 0 Å². The van der Waals surface area contributed by atoms with Crippen molar-refractivity contribution in [2.45, 2.75) is 143 Å². The summed E-state index contributed by atoms with van der Waals surface area (Å²) in [6.07, 6.45) is 20.5. The van der Waals surface area contributed by atoms with E-state index >= 15 is 0 Å². The summed E-state index contributed by atoms with van der Waals surface area (Å²) < 4.78 is 12.9. The molecule has 0 heterocycles. The Morgan fingerprint density at radius 1 is 0.312 bits per heavy atom. The molecular formula is C46H62O2. The van der Waals surface area contributed by atoms with Gasteiger partial charge in [0.2, 0.25) is 0 Å². The molecule has 0 saturated carbocycles. The third kappa shape index (κ3) is 12.5. The molecule has 0 amide bonds. The van der Waals surface area contributed by atoms with Crippen LogP contribution in [-0.2, 0) is 0 Å². The minimum atomic E-state index is 0.324. The van der Waals surface area contributed by atoms with Gasteiger partial charge in [-0.1, -0.05) is 165 Å². The molecule has 2 unspecified atom stereocenters. The molecule has 0 saturated heterocycles. The maximum Gasteiger partial charge on any atom is 0.119 e. The first-order valence-electron chi connectivity index (χ1n) is 19.4. The van der Waals surface area contributed by atoms with Crippen LogP contribution in [0.5, 0.6) is 11.5 Å². The number of hydrogen-bond acceptors (Lipinski definition) is 2. The fourth-order valence-electron chi connectivity index (χ4n) is 6.53. The van der Waals surface area contributed by atoms with Crippen molar-refractivity contribution in [1.29, 1.82) is 0 Å². The predicted molar refractivity (Wildman–Crippen MR) is 208 cm³/mol. The highest BCUT2D eigenvalue weighted by Gasteiger charge is 2.12. The molecule has 0 spiro atoms. The van der Waals surface area contributed by atoms with E-state index in [0.717, 1.165) is 37.2 Å². The van der Waals surface area contributed by atoms with Gasteiger partial charge >= 0.3 is 0 Å². The first-order chi connectivity index (χ1) is 23.6. The zero-order valence-corrected chi connectivity index (χ0v) is 30.5. The van der Waals surface area contributed by atoms with Crippen LogP contribution >= 0.6 is 0 Å². The summed E-state index contributed by atoms with van der Waals surface area (Å²) in [4.78, 5) is 0. The zero-order chi connectivity index (χ0) is 33.8. The summed E-state index contributed by atoms with van der Waals surface area (Å²) in [5.74, 6) is 1.98. The Hall–Kier alpha value is -3.52. The molecule has 4 rings (SSSR count). The first kappa shape index (κ1) is 37.3. The lowest BCUT2D eigenvalue weighted by Crippen LogP contribution is -2.16. The van der Waals surface area contributed by atoms with E-state index in [9.17, 15) is 0 Å². The Bertz CT molecular complexity index is 1280. The molecule has 0 aromatic heterocycles. The van der Waals surface area contributed by atoms with Crippen LogP contribution in [-0.4, -0.2) is 12.2 Å². The quantitative estimate of drug-likeness (QED) is 0.0747. The summed E-state index contributed by atoms with van der Waals surface area (Å²) in [5, 5.41) is 0. The molecular weight excluding hydrogens is 585 g/mol. The van der Waals surface area contributed by atoms with E-state index in [0.29, 0.717) is 12.2 Å². The van der Waals surface area contributed by atoms with Crippen LogP contribution < -0.4 is 9.47 Å². The van der Waals surface area contributed by atoms with Gasteiger partial charge in [0.25, 0.3) is 0 Å². The van der Waals surface area contributed by atoms with Gasteiger partial charge in [-0.15, -0.1) is 0 Å². The Morgan fingerprint density at radius 3 is 0.833 bits per heavy atom. The summed E-state index contributed by atoms with van der Waals surface area (Å²) in [7, 11) is 0. The highest BCUT2D eigenvalue weighted by molar-refractivity contribution is 5.73. The number of ether oxygens (including phenoxy) is 2. The van der Waals surface area contributed by atoms with Crippen LogP contribution in [0.2, 0.25) is 0 Å². The third-order valence-electron chi connectivity index (χ3n) is 9.60. The van der Waals surface area contributed by atoms with Gasteiger partial charge in [0.15, 0.2) is 0 Å². The minimum Gasteiger partial charge on any atom is -0.490 e. The Morgan fingerprint density at radius 2 is 0.562 bits per heavy atom. The van der Waals surface area contributed by atoms with Crippen molar-refractivity contribution in [2.75, 3.05) is 0 Å². The Kier molecular flexibility index (Phi) is 16.7. The van der Waals surface area contributed by atoms with Crippen LogP contribution in [0.3, 0.4) is 0 Å². The molecule has 48 heavy (non-hydrogen) atoms. The highest BCUT2D eigenvalue weighted by atomic mass is 16.5. The fourth-order valence-corrected chi connectivity index (χ4v) is 6.53. The summed E-state index contributed by atoms with van der Waals surface area (Å²) in [6, 6.07) is 35.2. The van der Waals surface area contributed by atoms with Gasteiger partial charge in [0.05, 0.1) is 12.2 Å². The molecule has 2 nitrogen and oxygen atoms in total. The van der Waals surface area contributed by atoms with Gasteiger partial charge in [0, 0.05) is 0 Å². The summed E-state index contributed by atoms with van der Waals surface area (Å²) in [6.45, 7) is 9.07. The van der Waals surface area contributed by atoms with Crippen molar-refractivity contribution in [1.82, 2.24) is 0 Å². The summed E-state index contributed by atoms with van der Waals surface area (Å²) in [5.41, 5.74) is 7.35. The molecule has 4 aromatic rings. The van der Waals surface area contributed by atoms with E-state index in [2.05, 4.69) is 125 Å². The van der Waals surface area contributed by atoms with Gasteiger partial charge in [-0.05, 0) is 96.2 Å². The highest BCUT2D eigenvalue weighted by Crippen LogP contribution is 2.30. The Balaban J connectivity index is 1.32. The van der Waals surface area contributed by atoms with Crippen LogP contribution in [0.1, 0.15) is 130 Å². The largest absolute Gasteiger partial charge is 0.490 e. The molecule has 0 aliphatic carbocycles. The average Bonchev–Trinajstić information content (AvgIpc) is 3.13. The van der Waals surface area contributed by atoms with Crippen molar-refractivity contribution in [3.8, 4) is 44.9 Å². The number of unbranched alkanes of at least 4 members (excludes halogenated alkanes) is 8. The van der Waals surface area contributed by atoms with Crippen LogP contribution in [0.15, 0.2) is 97.1 Å². The number of rotatable bonds is 23. The third-order valence-corrected chi connectivity index (χ3v) is 9.60. The van der Waals surface area contributed by atoms with Gasteiger partial charge in [-0.2, -0.15) is 0 Å². The fraction of sp³-hybridized carbons (Fsp3) is 0.478. The van der Waals surface area contributed by atoms with E-state index in [4.69, 9.17) is 9.47 Å². The van der Waals surface area contributed by atoms with Gasteiger partial charge in [-0.3, -0.25) is 0 Å².